The van der Waals surface area contributed by atoms with Crippen molar-refractivity contribution in [3.63, 3.8) is 0 Å². The van der Waals surface area contributed by atoms with Crippen molar-refractivity contribution in [2.45, 2.75) is 50.6 Å². The molecule has 1 aromatic heterocycles. The number of aryl methyl sites for hydroxylation is 2. The molecular weight excluding hydrogens is 462 g/mol. The van der Waals surface area contributed by atoms with Gasteiger partial charge in [-0.15, -0.1) is 0 Å². The summed E-state index contributed by atoms with van der Waals surface area (Å²) in [6.45, 7) is 4.39. The second kappa shape index (κ2) is 10.1. The highest BCUT2D eigenvalue weighted by molar-refractivity contribution is 7.89. The van der Waals surface area contributed by atoms with E-state index < -0.39 is 10.0 Å². The third kappa shape index (κ3) is 5.31. The summed E-state index contributed by atoms with van der Waals surface area (Å²) in [4.78, 5) is 13.4. The van der Waals surface area contributed by atoms with Crippen LogP contribution in [-0.4, -0.2) is 42.8 Å². The second-order valence-electron chi connectivity index (χ2n) is 8.88. The molecule has 0 saturated heterocycles. The number of methoxy groups -OCH3 is 1. The number of rotatable bonds is 10. The number of nitriles is 1. The maximum absolute atomic E-state index is 13.3. The zero-order valence-electron chi connectivity index (χ0n) is 20.2. The highest BCUT2D eigenvalue weighted by atomic mass is 32.2. The Kier molecular flexibility index (Phi) is 7.10. The lowest BCUT2D eigenvalue weighted by Crippen LogP contribution is -2.37. The number of ketones is 1. The van der Waals surface area contributed by atoms with Crippen LogP contribution in [0.15, 0.2) is 59.5 Å². The highest BCUT2D eigenvalue weighted by Gasteiger charge is 2.39. The van der Waals surface area contributed by atoms with Crippen molar-refractivity contribution in [2.24, 2.45) is 0 Å². The fraction of sp³-hybridized carbons (Fsp3) is 0.333. The molecule has 4 rings (SSSR count). The molecule has 8 heteroatoms. The lowest BCUT2D eigenvalue weighted by Gasteiger charge is -2.21. The van der Waals surface area contributed by atoms with Crippen LogP contribution < -0.4 is 4.74 Å². The summed E-state index contributed by atoms with van der Waals surface area (Å²) < 4.78 is 35.3. The van der Waals surface area contributed by atoms with Crippen molar-refractivity contribution in [1.29, 1.82) is 5.26 Å². The molecule has 0 radical (unpaired) electrons. The second-order valence-corrected chi connectivity index (χ2v) is 10.8. The molecule has 1 aliphatic carbocycles. The van der Waals surface area contributed by atoms with E-state index in [1.165, 1.54) is 34.1 Å². The van der Waals surface area contributed by atoms with Gasteiger partial charge in [-0.25, -0.2) is 8.42 Å². The Morgan fingerprint density at radius 2 is 1.77 bits per heavy atom. The zero-order valence-corrected chi connectivity index (χ0v) is 21.0. The summed E-state index contributed by atoms with van der Waals surface area (Å²) in [5.74, 6) is 0.601. The minimum atomic E-state index is -3.85. The van der Waals surface area contributed by atoms with E-state index in [4.69, 9.17) is 10.00 Å². The minimum absolute atomic E-state index is 0.0983. The van der Waals surface area contributed by atoms with Gasteiger partial charge in [-0.3, -0.25) is 4.79 Å². The molecule has 3 aromatic rings. The lowest BCUT2D eigenvalue weighted by atomic mass is 10.1. The van der Waals surface area contributed by atoms with E-state index in [0.29, 0.717) is 17.7 Å². The SMILES string of the molecule is COc1ccc(CCn2c(C)cc(C(=O)CN(C3CC3)S(=O)(=O)c3ccc(C#N)cc3)c2C)cc1. The first-order valence-corrected chi connectivity index (χ1v) is 13.0. The number of Topliss-reactive ketones (excluding diaryl/α,β-unsaturated/α-hetero) is 1. The van der Waals surface area contributed by atoms with Crippen LogP contribution in [0.5, 0.6) is 5.75 Å². The van der Waals surface area contributed by atoms with Crippen molar-refractivity contribution in [1.82, 2.24) is 8.87 Å². The molecule has 0 amide bonds. The van der Waals surface area contributed by atoms with Gasteiger partial charge in [0.05, 0.1) is 30.2 Å². The van der Waals surface area contributed by atoms with Crippen molar-refractivity contribution in [2.75, 3.05) is 13.7 Å². The van der Waals surface area contributed by atoms with Crippen LogP contribution >= 0.6 is 0 Å². The predicted molar refractivity (Wildman–Crippen MR) is 133 cm³/mol. The van der Waals surface area contributed by atoms with Gasteiger partial charge in [0.1, 0.15) is 5.75 Å². The van der Waals surface area contributed by atoms with Gasteiger partial charge in [0.25, 0.3) is 0 Å². The van der Waals surface area contributed by atoms with Crippen LogP contribution in [0, 0.1) is 25.2 Å². The van der Waals surface area contributed by atoms with E-state index in [1.54, 1.807) is 7.11 Å². The van der Waals surface area contributed by atoms with Gasteiger partial charge < -0.3 is 9.30 Å². The molecule has 2 aromatic carbocycles. The predicted octanol–water partition coefficient (Wildman–Crippen LogP) is 4.26. The molecule has 0 atom stereocenters. The molecule has 1 fully saturated rings. The molecular formula is C27H29N3O4S. The van der Waals surface area contributed by atoms with E-state index >= 15 is 0 Å². The third-order valence-electron chi connectivity index (χ3n) is 6.50. The average molecular weight is 492 g/mol. The number of hydrogen-bond donors (Lipinski definition) is 0. The first-order chi connectivity index (χ1) is 16.7. The summed E-state index contributed by atoms with van der Waals surface area (Å²) in [6.07, 6.45) is 2.28. The monoisotopic (exact) mass is 491 g/mol. The molecule has 0 N–H and O–H groups in total. The normalized spacial score (nSPS) is 13.6. The molecule has 0 unspecified atom stereocenters. The largest absolute Gasteiger partial charge is 0.497 e. The smallest absolute Gasteiger partial charge is 0.243 e. The summed E-state index contributed by atoms with van der Waals surface area (Å²) >= 11 is 0. The number of carbonyl (C=O) groups excluding carboxylic acids is 1. The molecule has 0 spiro atoms. The quantitative estimate of drug-likeness (QED) is 0.395. The van der Waals surface area contributed by atoms with Crippen LogP contribution in [0.25, 0.3) is 0 Å². The van der Waals surface area contributed by atoms with Crippen LogP contribution in [0.4, 0.5) is 0 Å². The van der Waals surface area contributed by atoms with Gasteiger partial charge in [-0.1, -0.05) is 12.1 Å². The summed E-state index contributed by atoms with van der Waals surface area (Å²) in [6, 6.07) is 17.4. The summed E-state index contributed by atoms with van der Waals surface area (Å²) in [5.41, 5.74) is 3.91. The van der Waals surface area contributed by atoms with Gasteiger partial charge in [0, 0.05) is 29.5 Å². The van der Waals surface area contributed by atoms with Crippen LogP contribution in [0.3, 0.4) is 0 Å². The van der Waals surface area contributed by atoms with E-state index in [-0.39, 0.29) is 23.3 Å². The molecule has 35 heavy (non-hydrogen) atoms. The first-order valence-electron chi connectivity index (χ1n) is 11.6. The molecule has 0 aliphatic heterocycles. The molecule has 0 bridgehead atoms. The number of benzene rings is 2. The Bertz CT molecular complexity index is 1360. The van der Waals surface area contributed by atoms with Gasteiger partial charge >= 0.3 is 0 Å². The van der Waals surface area contributed by atoms with Crippen molar-refractivity contribution in [3.8, 4) is 11.8 Å². The van der Waals surface area contributed by atoms with Crippen LogP contribution in [0.1, 0.15) is 45.7 Å². The third-order valence-corrected chi connectivity index (χ3v) is 8.41. The number of hydrogen-bond acceptors (Lipinski definition) is 5. The molecule has 1 heterocycles. The fourth-order valence-corrected chi connectivity index (χ4v) is 5.94. The van der Waals surface area contributed by atoms with Crippen LogP contribution in [0.2, 0.25) is 0 Å². The molecule has 182 valence electrons. The lowest BCUT2D eigenvalue weighted by molar-refractivity contribution is 0.0963. The average Bonchev–Trinajstić information content (AvgIpc) is 3.66. The fourth-order valence-electron chi connectivity index (χ4n) is 4.30. The Hall–Kier alpha value is -3.41. The number of ether oxygens (including phenoxy) is 1. The summed E-state index contributed by atoms with van der Waals surface area (Å²) in [5, 5.41) is 9.00. The maximum Gasteiger partial charge on any atom is 0.243 e. The Labute approximate surface area is 206 Å². The molecule has 1 saturated carbocycles. The van der Waals surface area contributed by atoms with E-state index in [0.717, 1.165) is 36.4 Å². The number of nitrogens with zero attached hydrogens (tertiary/aromatic N) is 3. The number of sulfonamides is 1. The van der Waals surface area contributed by atoms with Crippen LogP contribution in [-0.2, 0) is 23.0 Å². The number of aromatic nitrogens is 1. The Balaban J connectivity index is 1.51. The highest BCUT2D eigenvalue weighted by Crippen LogP contribution is 2.32. The topological polar surface area (TPSA) is 92.4 Å². The van der Waals surface area contributed by atoms with Gasteiger partial charge in [-0.2, -0.15) is 9.57 Å². The maximum atomic E-state index is 13.3. The molecule has 1 aliphatic rings. The van der Waals surface area contributed by atoms with Crippen molar-refractivity contribution < 1.29 is 17.9 Å². The summed E-state index contributed by atoms with van der Waals surface area (Å²) in [7, 11) is -2.21. The van der Waals surface area contributed by atoms with Gasteiger partial charge in [-0.05, 0) is 81.1 Å². The van der Waals surface area contributed by atoms with Gasteiger partial charge in [0.15, 0.2) is 5.78 Å². The van der Waals surface area contributed by atoms with E-state index in [1.807, 2.05) is 50.2 Å². The Morgan fingerprint density at radius 1 is 1.11 bits per heavy atom. The zero-order chi connectivity index (χ0) is 25.2. The van der Waals surface area contributed by atoms with Crippen molar-refractivity contribution in [3.05, 3.63) is 82.7 Å². The standard InChI is InChI=1S/C27H29N3O4S/c1-19-16-26(20(2)29(19)15-14-21-4-10-24(34-3)11-5-21)27(31)18-30(23-8-9-23)35(32,33)25-12-6-22(17-28)7-13-25/h4-7,10-13,16,23H,8-9,14-15,18H2,1-3H3. The number of carbonyl (C=O) groups is 1. The molecule has 7 nitrogen and oxygen atoms in total. The van der Waals surface area contributed by atoms with E-state index in [2.05, 4.69) is 4.57 Å². The minimum Gasteiger partial charge on any atom is -0.497 e. The van der Waals surface area contributed by atoms with E-state index in [9.17, 15) is 13.2 Å². The Morgan fingerprint density at radius 3 is 2.34 bits per heavy atom. The van der Waals surface area contributed by atoms with Gasteiger partial charge in [0.2, 0.25) is 10.0 Å². The first kappa shape index (κ1) is 24.7. The van der Waals surface area contributed by atoms with Crippen molar-refractivity contribution >= 4 is 15.8 Å².